The molecule has 18 heavy (non-hydrogen) atoms. The highest BCUT2D eigenvalue weighted by Crippen LogP contribution is 2.15. The van der Waals surface area contributed by atoms with Gasteiger partial charge in [0, 0.05) is 25.5 Å². The molecule has 92 valence electrons. The van der Waals surface area contributed by atoms with Gasteiger partial charge in [-0.15, -0.1) is 0 Å². The Morgan fingerprint density at radius 2 is 2.17 bits per heavy atom. The van der Waals surface area contributed by atoms with Crippen LogP contribution in [-0.4, -0.2) is 40.1 Å². The van der Waals surface area contributed by atoms with Crippen molar-refractivity contribution in [2.45, 2.75) is 6.54 Å². The third kappa shape index (κ3) is 2.93. The number of pyridine rings is 1. The van der Waals surface area contributed by atoms with Gasteiger partial charge in [0.25, 0.3) is 0 Å². The molecule has 0 N–H and O–H groups in total. The SMILES string of the molecule is CN(C)CCn1cnc(-c2cc(C#N)ccn2)c1. The van der Waals surface area contributed by atoms with Gasteiger partial charge in [-0.3, -0.25) is 4.98 Å². The molecular formula is C13H15N5. The lowest BCUT2D eigenvalue weighted by Crippen LogP contribution is -2.17. The van der Waals surface area contributed by atoms with Crippen LogP contribution in [0.15, 0.2) is 30.9 Å². The lowest BCUT2D eigenvalue weighted by molar-refractivity contribution is 0.384. The molecule has 0 fully saturated rings. The highest BCUT2D eigenvalue weighted by Gasteiger charge is 2.04. The van der Waals surface area contributed by atoms with Crippen LogP contribution in [-0.2, 0) is 6.54 Å². The second-order valence-electron chi connectivity index (χ2n) is 4.34. The molecule has 0 aliphatic carbocycles. The van der Waals surface area contributed by atoms with Crippen LogP contribution in [0.2, 0.25) is 0 Å². The highest BCUT2D eigenvalue weighted by atomic mass is 15.1. The predicted octanol–water partition coefficient (Wildman–Crippen LogP) is 1.38. The van der Waals surface area contributed by atoms with Crippen LogP contribution in [0.4, 0.5) is 0 Å². The first-order valence-electron chi connectivity index (χ1n) is 5.72. The van der Waals surface area contributed by atoms with Gasteiger partial charge in [-0.25, -0.2) is 4.98 Å². The lowest BCUT2D eigenvalue weighted by atomic mass is 10.2. The van der Waals surface area contributed by atoms with Gasteiger partial charge >= 0.3 is 0 Å². The molecule has 2 rings (SSSR count). The molecule has 5 heteroatoms. The van der Waals surface area contributed by atoms with Crippen LogP contribution < -0.4 is 0 Å². The first kappa shape index (κ1) is 12.3. The Labute approximate surface area is 106 Å². The molecule has 0 aromatic carbocycles. The summed E-state index contributed by atoms with van der Waals surface area (Å²) >= 11 is 0. The van der Waals surface area contributed by atoms with Crippen molar-refractivity contribution in [2.75, 3.05) is 20.6 Å². The van der Waals surface area contributed by atoms with E-state index in [1.807, 2.05) is 24.9 Å². The molecule has 0 amide bonds. The van der Waals surface area contributed by atoms with Crippen molar-refractivity contribution in [2.24, 2.45) is 0 Å². The molecule has 0 bridgehead atoms. The van der Waals surface area contributed by atoms with Gasteiger partial charge in [-0.1, -0.05) is 0 Å². The van der Waals surface area contributed by atoms with Gasteiger partial charge in [0.2, 0.25) is 0 Å². The molecule has 5 nitrogen and oxygen atoms in total. The maximum atomic E-state index is 8.85. The average Bonchev–Trinajstić information content (AvgIpc) is 2.85. The summed E-state index contributed by atoms with van der Waals surface area (Å²) in [6, 6.07) is 5.54. The Kier molecular flexibility index (Phi) is 3.70. The summed E-state index contributed by atoms with van der Waals surface area (Å²) in [5.41, 5.74) is 2.13. The van der Waals surface area contributed by atoms with Gasteiger partial charge in [0.1, 0.15) is 5.69 Å². The Morgan fingerprint density at radius 3 is 2.89 bits per heavy atom. The van der Waals surface area contributed by atoms with Crippen molar-refractivity contribution in [3.05, 3.63) is 36.4 Å². The number of nitrogens with zero attached hydrogens (tertiary/aromatic N) is 5. The second-order valence-corrected chi connectivity index (χ2v) is 4.34. The normalized spacial score (nSPS) is 10.6. The van der Waals surface area contributed by atoms with E-state index in [-0.39, 0.29) is 0 Å². The monoisotopic (exact) mass is 241 g/mol. The van der Waals surface area contributed by atoms with E-state index >= 15 is 0 Å². The standard InChI is InChI=1S/C13H15N5/c1-17(2)5-6-18-9-13(16-10-18)12-7-11(8-14)3-4-15-12/h3-4,7,9-10H,5-6H2,1-2H3. The molecule has 0 spiro atoms. The fourth-order valence-electron chi connectivity index (χ4n) is 1.57. The summed E-state index contributed by atoms with van der Waals surface area (Å²) in [6.07, 6.45) is 5.37. The molecule has 0 saturated carbocycles. The molecule has 2 aromatic rings. The van der Waals surface area contributed by atoms with E-state index in [1.54, 1.807) is 24.7 Å². The maximum Gasteiger partial charge on any atom is 0.107 e. The molecule has 0 saturated heterocycles. The number of hydrogen-bond acceptors (Lipinski definition) is 4. The molecule has 0 radical (unpaired) electrons. The summed E-state index contributed by atoms with van der Waals surface area (Å²) in [5, 5.41) is 8.85. The van der Waals surface area contributed by atoms with Crippen molar-refractivity contribution in [3.63, 3.8) is 0 Å². The van der Waals surface area contributed by atoms with Crippen LogP contribution in [0.1, 0.15) is 5.56 Å². The average molecular weight is 241 g/mol. The Balaban J connectivity index is 2.16. The predicted molar refractivity (Wildman–Crippen MR) is 68.7 cm³/mol. The van der Waals surface area contributed by atoms with Crippen LogP contribution in [0, 0.1) is 11.3 Å². The minimum absolute atomic E-state index is 0.600. The zero-order valence-electron chi connectivity index (χ0n) is 10.5. The zero-order chi connectivity index (χ0) is 13.0. The van der Waals surface area contributed by atoms with Gasteiger partial charge in [0.15, 0.2) is 0 Å². The summed E-state index contributed by atoms with van der Waals surface area (Å²) < 4.78 is 2.02. The van der Waals surface area contributed by atoms with Crippen LogP contribution in [0.3, 0.4) is 0 Å². The van der Waals surface area contributed by atoms with Gasteiger partial charge in [-0.05, 0) is 26.2 Å². The number of aromatic nitrogens is 3. The van der Waals surface area contributed by atoms with Crippen molar-refractivity contribution >= 4 is 0 Å². The molecule has 2 aromatic heterocycles. The first-order valence-corrected chi connectivity index (χ1v) is 5.72. The van der Waals surface area contributed by atoms with Gasteiger partial charge in [0.05, 0.1) is 23.7 Å². The number of imidazole rings is 1. The van der Waals surface area contributed by atoms with Crippen molar-refractivity contribution in [1.29, 1.82) is 5.26 Å². The maximum absolute atomic E-state index is 8.85. The van der Waals surface area contributed by atoms with Crippen molar-refractivity contribution in [3.8, 4) is 17.5 Å². The Bertz CT molecular complexity index is 565. The molecule has 0 aliphatic rings. The smallest absolute Gasteiger partial charge is 0.107 e. The van der Waals surface area contributed by atoms with E-state index in [4.69, 9.17) is 5.26 Å². The fourth-order valence-corrected chi connectivity index (χ4v) is 1.57. The Hall–Kier alpha value is -2.19. The van der Waals surface area contributed by atoms with E-state index in [0.717, 1.165) is 24.5 Å². The first-order chi connectivity index (χ1) is 8.69. The summed E-state index contributed by atoms with van der Waals surface area (Å²) in [5.74, 6) is 0. The van der Waals surface area contributed by atoms with E-state index in [9.17, 15) is 0 Å². The van der Waals surface area contributed by atoms with E-state index in [2.05, 4.69) is 20.9 Å². The number of nitriles is 1. The number of rotatable bonds is 4. The third-order valence-corrected chi connectivity index (χ3v) is 2.59. The molecular weight excluding hydrogens is 226 g/mol. The molecule has 0 aliphatic heterocycles. The topological polar surface area (TPSA) is 57.7 Å². The van der Waals surface area contributed by atoms with Gasteiger partial charge in [-0.2, -0.15) is 5.26 Å². The van der Waals surface area contributed by atoms with Crippen LogP contribution in [0.5, 0.6) is 0 Å². The fraction of sp³-hybridized carbons (Fsp3) is 0.308. The quantitative estimate of drug-likeness (QED) is 0.811. The minimum Gasteiger partial charge on any atom is -0.335 e. The second kappa shape index (κ2) is 5.43. The highest BCUT2D eigenvalue weighted by molar-refractivity contribution is 5.55. The third-order valence-electron chi connectivity index (χ3n) is 2.59. The van der Waals surface area contributed by atoms with Crippen LogP contribution >= 0.6 is 0 Å². The molecule has 0 unspecified atom stereocenters. The lowest BCUT2D eigenvalue weighted by Gasteiger charge is -2.08. The van der Waals surface area contributed by atoms with Crippen LogP contribution in [0.25, 0.3) is 11.4 Å². The van der Waals surface area contributed by atoms with E-state index in [1.165, 1.54) is 0 Å². The number of likely N-dealkylation sites (N-methyl/N-ethyl adjacent to an activating group) is 1. The summed E-state index contributed by atoms with van der Waals surface area (Å²) in [6.45, 7) is 1.85. The summed E-state index contributed by atoms with van der Waals surface area (Å²) in [7, 11) is 4.07. The molecule has 0 atom stereocenters. The van der Waals surface area contributed by atoms with Crippen molar-refractivity contribution in [1.82, 2.24) is 19.4 Å². The largest absolute Gasteiger partial charge is 0.335 e. The number of hydrogen-bond donors (Lipinski definition) is 0. The van der Waals surface area contributed by atoms with Gasteiger partial charge < -0.3 is 9.47 Å². The minimum atomic E-state index is 0.600. The zero-order valence-corrected chi connectivity index (χ0v) is 10.5. The Morgan fingerprint density at radius 1 is 1.33 bits per heavy atom. The molecule has 2 heterocycles. The van der Waals surface area contributed by atoms with Crippen molar-refractivity contribution < 1.29 is 0 Å². The summed E-state index contributed by atoms with van der Waals surface area (Å²) in [4.78, 5) is 10.7. The van der Waals surface area contributed by atoms with E-state index in [0.29, 0.717) is 5.56 Å². The van der Waals surface area contributed by atoms with E-state index < -0.39 is 0 Å².